The van der Waals surface area contributed by atoms with Gasteiger partial charge in [-0.15, -0.1) is 0 Å². The number of carbonyl (C=O) groups is 1. The second-order valence-electron chi connectivity index (χ2n) is 3.05. The van der Waals surface area contributed by atoms with Crippen LogP contribution in [0, 0.1) is 13.8 Å². The van der Waals surface area contributed by atoms with Crippen LogP contribution < -0.4 is 0 Å². The number of nitrogens with zero attached hydrogens (tertiary/aromatic N) is 1. The van der Waals surface area contributed by atoms with E-state index in [2.05, 4.69) is 4.98 Å². The summed E-state index contributed by atoms with van der Waals surface area (Å²) in [5, 5.41) is 0. The molecule has 0 amide bonds. The fourth-order valence-electron chi connectivity index (χ4n) is 0.952. The summed E-state index contributed by atoms with van der Waals surface area (Å²) in [5.74, 6) is 0.438. The topological polar surface area (TPSA) is 43.1 Å². The Morgan fingerprint density at radius 2 is 1.87 bits per heavy atom. The molecular weight excluding hydrogens is 190 g/mol. The Hall–Kier alpha value is -1.90. The number of aldehydes is 1. The van der Waals surface area contributed by atoms with E-state index in [0.29, 0.717) is 5.76 Å². The van der Waals surface area contributed by atoms with Crippen molar-refractivity contribution in [2.45, 2.75) is 13.8 Å². The molecule has 3 nitrogen and oxygen atoms in total. The average Bonchev–Trinajstić information content (AvgIpc) is 2.63. The molecule has 0 aliphatic carbocycles. The fourth-order valence-corrected chi connectivity index (χ4v) is 0.952. The minimum atomic E-state index is 0.438. The van der Waals surface area contributed by atoms with Gasteiger partial charge in [0.1, 0.15) is 0 Å². The highest BCUT2D eigenvalue weighted by Gasteiger charge is 2.02. The van der Waals surface area contributed by atoms with E-state index in [-0.39, 0.29) is 0 Å². The van der Waals surface area contributed by atoms with E-state index in [1.165, 1.54) is 0 Å². The van der Waals surface area contributed by atoms with Gasteiger partial charge in [0.2, 0.25) is 0 Å². The van der Waals surface area contributed by atoms with Crippen LogP contribution in [0.5, 0.6) is 0 Å². The maximum absolute atomic E-state index is 10.1. The number of aromatic nitrogens is 1. The third-order valence-electron chi connectivity index (χ3n) is 2.00. The number of rotatable bonds is 1. The molecule has 2 aromatic rings. The summed E-state index contributed by atoms with van der Waals surface area (Å²) in [7, 11) is 0. The normalized spacial score (nSPS) is 8.93. The highest BCUT2D eigenvalue weighted by molar-refractivity contribution is 5.73. The average molecular weight is 203 g/mol. The van der Waals surface area contributed by atoms with Crippen molar-refractivity contribution in [1.82, 2.24) is 4.98 Å². The minimum absolute atomic E-state index is 0.438. The SMILES string of the molecule is Cc1coc(C=O)c1C.c1ccncc1. The Labute approximate surface area is 88.8 Å². The van der Waals surface area contributed by atoms with E-state index in [1.807, 2.05) is 32.0 Å². The van der Waals surface area contributed by atoms with Crippen molar-refractivity contribution >= 4 is 6.29 Å². The molecule has 0 aliphatic heterocycles. The van der Waals surface area contributed by atoms with Crippen molar-refractivity contribution in [2.75, 3.05) is 0 Å². The lowest BCUT2D eigenvalue weighted by molar-refractivity contribution is 0.110. The van der Waals surface area contributed by atoms with Crippen molar-refractivity contribution in [3.63, 3.8) is 0 Å². The molecule has 0 radical (unpaired) electrons. The van der Waals surface area contributed by atoms with Gasteiger partial charge in [-0.1, -0.05) is 6.07 Å². The van der Waals surface area contributed by atoms with Gasteiger partial charge in [-0.05, 0) is 31.5 Å². The second-order valence-corrected chi connectivity index (χ2v) is 3.05. The van der Waals surface area contributed by atoms with E-state index >= 15 is 0 Å². The first-order valence-electron chi connectivity index (χ1n) is 4.60. The van der Waals surface area contributed by atoms with Gasteiger partial charge in [0.15, 0.2) is 12.0 Å². The van der Waals surface area contributed by atoms with Crippen LogP contribution in [-0.2, 0) is 0 Å². The van der Waals surface area contributed by atoms with Crippen LogP contribution in [0.4, 0.5) is 0 Å². The van der Waals surface area contributed by atoms with Crippen LogP contribution in [0.3, 0.4) is 0 Å². The van der Waals surface area contributed by atoms with Gasteiger partial charge in [0, 0.05) is 18.0 Å². The van der Waals surface area contributed by atoms with Gasteiger partial charge in [-0.25, -0.2) is 0 Å². The maximum Gasteiger partial charge on any atom is 0.185 e. The van der Waals surface area contributed by atoms with E-state index in [9.17, 15) is 4.79 Å². The number of furan rings is 1. The third-order valence-corrected chi connectivity index (χ3v) is 2.00. The van der Waals surface area contributed by atoms with E-state index in [1.54, 1.807) is 18.7 Å². The van der Waals surface area contributed by atoms with Crippen LogP contribution in [0.15, 0.2) is 41.3 Å². The monoisotopic (exact) mass is 203 g/mol. The Morgan fingerprint density at radius 3 is 2.07 bits per heavy atom. The summed E-state index contributed by atoms with van der Waals surface area (Å²) in [6, 6.07) is 5.72. The van der Waals surface area contributed by atoms with E-state index in [0.717, 1.165) is 17.4 Å². The summed E-state index contributed by atoms with van der Waals surface area (Å²) in [4.78, 5) is 13.9. The minimum Gasteiger partial charge on any atom is -0.461 e. The molecule has 0 fully saturated rings. The van der Waals surface area contributed by atoms with Gasteiger partial charge in [-0.2, -0.15) is 0 Å². The van der Waals surface area contributed by atoms with Gasteiger partial charge in [0.05, 0.1) is 6.26 Å². The lowest BCUT2D eigenvalue weighted by Crippen LogP contribution is -1.78. The molecule has 2 heterocycles. The zero-order chi connectivity index (χ0) is 11.1. The number of aryl methyl sites for hydroxylation is 1. The van der Waals surface area contributed by atoms with E-state index in [4.69, 9.17) is 4.42 Å². The van der Waals surface area contributed by atoms with Crippen LogP contribution in [0.2, 0.25) is 0 Å². The molecule has 0 saturated carbocycles. The largest absolute Gasteiger partial charge is 0.461 e. The quantitative estimate of drug-likeness (QED) is 0.669. The first-order valence-corrected chi connectivity index (χ1v) is 4.60. The van der Waals surface area contributed by atoms with Crippen LogP contribution in [-0.4, -0.2) is 11.3 Å². The Bertz CT molecular complexity index is 380. The summed E-state index contributed by atoms with van der Waals surface area (Å²) in [6.07, 6.45) is 5.81. The summed E-state index contributed by atoms with van der Waals surface area (Å²) >= 11 is 0. The number of carbonyl (C=O) groups excluding carboxylic acids is 1. The molecule has 0 atom stereocenters. The molecule has 3 heteroatoms. The molecule has 0 bridgehead atoms. The summed E-state index contributed by atoms with van der Waals surface area (Å²) in [6.45, 7) is 3.77. The van der Waals surface area contributed by atoms with Crippen molar-refractivity contribution in [1.29, 1.82) is 0 Å². The van der Waals surface area contributed by atoms with Crippen molar-refractivity contribution in [2.24, 2.45) is 0 Å². The molecular formula is C12H13NO2. The van der Waals surface area contributed by atoms with Crippen molar-refractivity contribution in [3.05, 3.63) is 53.7 Å². The molecule has 2 aromatic heterocycles. The molecule has 0 aliphatic rings. The predicted octanol–water partition coefficient (Wildman–Crippen LogP) is 2.79. The first kappa shape index (κ1) is 11.2. The first-order chi connectivity index (χ1) is 7.25. The molecule has 78 valence electrons. The van der Waals surface area contributed by atoms with Crippen LogP contribution >= 0.6 is 0 Å². The van der Waals surface area contributed by atoms with Crippen molar-refractivity contribution < 1.29 is 9.21 Å². The molecule has 0 unspecified atom stereocenters. The zero-order valence-corrected chi connectivity index (χ0v) is 8.81. The molecule has 0 spiro atoms. The fraction of sp³-hybridized carbons (Fsp3) is 0.167. The summed E-state index contributed by atoms with van der Waals surface area (Å²) in [5.41, 5.74) is 1.96. The van der Waals surface area contributed by atoms with Gasteiger partial charge < -0.3 is 4.42 Å². The zero-order valence-electron chi connectivity index (χ0n) is 8.81. The lowest BCUT2D eigenvalue weighted by Gasteiger charge is -1.83. The molecule has 0 N–H and O–H groups in total. The predicted molar refractivity (Wildman–Crippen MR) is 57.8 cm³/mol. The lowest BCUT2D eigenvalue weighted by atomic mass is 10.2. The van der Waals surface area contributed by atoms with Gasteiger partial charge in [-0.3, -0.25) is 9.78 Å². The Balaban J connectivity index is 0.000000162. The number of pyridine rings is 1. The number of hydrogen-bond acceptors (Lipinski definition) is 3. The van der Waals surface area contributed by atoms with E-state index < -0.39 is 0 Å². The standard InChI is InChI=1S/C7H8O2.C5H5N/c1-5-4-9-7(3-8)6(5)2;1-2-4-6-5-3-1/h3-4H,1-2H3;1-5H. The van der Waals surface area contributed by atoms with Gasteiger partial charge in [0.25, 0.3) is 0 Å². The Morgan fingerprint density at radius 1 is 1.20 bits per heavy atom. The maximum atomic E-state index is 10.1. The van der Waals surface area contributed by atoms with Crippen LogP contribution in [0.1, 0.15) is 21.7 Å². The van der Waals surface area contributed by atoms with Crippen molar-refractivity contribution in [3.8, 4) is 0 Å². The highest BCUT2D eigenvalue weighted by Crippen LogP contribution is 2.11. The molecule has 2 rings (SSSR count). The Kier molecular flexibility index (Phi) is 4.29. The molecule has 0 aromatic carbocycles. The summed E-state index contributed by atoms with van der Waals surface area (Å²) < 4.78 is 4.88. The van der Waals surface area contributed by atoms with Gasteiger partial charge >= 0.3 is 0 Å². The molecule has 0 saturated heterocycles. The smallest absolute Gasteiger partial charge is 0.185 e. The molecule has 15 heavy (non-hydrogen) atoms. The number of hydrogen-bond donors (Lipinski definition) is 0. The second kappa shape index (κ2) is 5.75. The third kappa shape index (κ3) is 3.38. The van der Waals surface area contributed by atoms with Crippen LogP contribution in [0.25, 0.3) is 0 Å². The highest BCUT2D eigenvalue weighted by atomic mass is 16.3.